The number of rotatable bonds is 4. The summed E-state index contributed by atoms with van der Waals surface area (Å²) in [6, 6.07) is 5.77. The zero-order valence-electron chi connectivity index (χ0n) is 7.33. The van der Waals surface area contributed by atoms with Crippen molar-refractivity contribution in [2.75, 3.05) is 6.61 Å². The third-order valence-electron chi connectivity index (χ3n) is 1.90. The number of benzene rings is 1. The fourth-order valence-electron chi connectivity index (χ4n) is 1.19. The number of hydrogen-bond acceptors (Lipinski definition) is 2. The van der Waals surface area contributed by atoms with Crippen molar-refractivity contribution < 1.29 is 10.2 Å². The molecule has 0 atom stereocenters. The molecule has 1 aromatic carbocycles. The second-order valence-corrected chi connectivity index (χ2v) is 3.77. The summed E-state index contributed by atoms with van der Waals surface area (Å²) in [6.07, 6.45) is 1.60. The van der Waals surface area contributed by atoms with Crippen molar-refractivity contribution in [3.63, 3.8) is 0 Å². The molecule has 0 radical (unpaired) electrons. The summed E-state index contributed by atoms with van der Waals surface area (Å²) in [5.41, 5.74) is 2.05. The Bertz CT molecular complexity index is 274. The molecule has 0 fully saturated rings. The monoisotopic (exact) mass is 244 g/mol. The number of aliphatic hydroxyl groups excluding tert-OH is 2. The van der Waals surface area contributed by atoms with E-state index in [4.69, 9.17) is 10.2 Å². The summed E-state index contributed by atoms with van der Waals surface area (Å²) in [6.45, 7) is 0.273. The lowest BCUT2D eigenvalue weighted by Crippen LogP contribution is -1.93. The smallest absolute Gasteiger partial charge is 0.0681 e. The molecule has 13 heavy (non-hydrogen) atoms. The first-order valence-electron chi connectivity index (χ1n) is 4.27. The van der Waals surface area contributed by atoms with Crippen molar-refractivity contribution in [3.05, 3.63) is 33.8 Å². The van der Waals surface area contributed by atoms with Gasteiger partial charge in [0.15, 0.2) is 0 Å². The summed E-state index contributed by atoms with van der Waals surface area (Å²) >= 11 is 3.43. The van der Waals surface area contributed by atoms with Crippen LogP contribution in [0.4, 0.5) is 0 Å². The van der Waals surface area contributed by atoms with Crippen LogP contribution in [0.3, 0.4) is 0 Å². The first-order valence-corrected chi connectivity index (χ1v) is 5.06. The molecule has 2 nitrogen and oxygen atoms in total. The minimum atomic E-state index is 0.0689. The molecule has 1 rings (SSSR count). The molecule has 0 aliphatic heterocycles. The molecule has 0 heterocycles. The zero-order valence-corrected chi connectivity index (χ0v) is 8.92. The molecule has 0 aliphatic carbocycles. The van der Waals surface area contributed by atoms with Gasteiger partial charge in [-0.25, -0.2) is 0 Å². The Morgan fingerprint density at radius 3 is 2.62 bits per heavy atom. The van der Waals surface area contributed by atoms with Gasteiger partial charge < -0.3 is 10.2 Å². The standard InChI is InChI=1S/C10H13BrO2/c11-10-4-3-8(7-13)6-9(10)2-1-5-12/h3-4,6,12-13H,1-2,5,7H2. The average Bonchev–Trinajstić information content (AvgIpc) is 2.17. The Labute approximate surface area is 86.3 Å². The van der Waals surface area contributed by atoms with Gasteiger partial charge in [-0.3, -0.25) is 0 Å². The van der Waals surface area contributed by atoms with Crippen LogP contribution in [-0.2, 0) is 13.0 Å². The Morgan fingerprint density at radius 2 is 2.00 bits per heavy atom. The fourth-order valence-corrected chi connectivity index (χ4v) is 1.63. The second-order valence-electron chi connectivity index (χ2n) is 2.91. The first-order chi connectivity index (χ1) is 6.27. The number of aliphatic hydroxyl groups is 2. The highest BCUT2D eigenvalue weighted by Crippen LogP contribution is 2.19. The minimum Gasteiger partial charge on any atom is -0.396 e. The molecule has 0 amide bonds. The molecule has 3 heteroatoms. The van der Waals surface area contributed by atoms with Crippen LogP contribution in [0.25, 0.3) is 0 Å². The van der Waals surface area contributed by atoms with E-state index in [1.165, 1.54) is 0 Å². The summed E-state index contributed by atoms with van der Waals surface area (Å²) < 4.78 is 1.04. The maximum absolute atomic E-state index is 8.91. The topological polar surface area (TPSA) is 40.5 Å². The van der Waals surface area contributed by atoms with Crippen LogP contribution in [0.15, 0.2) is 22.7 Å². The zero-order chi connectivity index (χ0) is 9.68. The van der Waals surface area contributed by atoms with Gasteiger partial charge >= 0.3 is 0 Å². The highest BCUT2D eigenvalue weighted by atomic mass is 79.9. The fraction of sp³-hybridized carbons (Fsp3) is 0.400. The lowest BCUT2D eigenvalue weighted by molar-refractivity contribution is 0.281. The van der Waals surface area contributed by atoms with Crippen molar-refractivity contribution in [3.8, 4) is 0 Å². The number of halogens is 1. The summed E-state index contributed by atoms with van der Waals surface area (Å²) in [5.74, 6) is 0. The molecule has 0 saturated carbocycles. The van der Waals surface area contributed by atoms with Gasteiger partial charge in [-0.2, -0.15) is 0 Å². The molecule has 0 bridgehead atoms. The van der Waals surface area contributed by atoms with E-state index < -0.39 is 0 Å². The quantitative estimate of drug-likeness (QED) is 0.850. The molecule has 0 spiro atoms. The molecular weight excluding hydrogens is 232 g/mol. The molecule has 2 N–H and O–H groups in total. The molecule has 0 aliphatic rings. The maximum Gasteiger partial charge on any atom is 0.0681 e. The summed E-state index contributed by atoms with van der Waals surface area (Å²) in [5, 5.41) is 17.6. The SMILES string of the molecule is OCCCc1cc(CO)ccc1Br. The predicted molar refractivity (Wildman–Crippen MR) is 55.5 cm³/mol. The third kappa shape index (κ3) is 3.10. The predicted octanol–water partition coefficient (Wildman–Crippen LogP) is 1.87. The molecule has 0 saturated heterocycles. The summed E-state index contributed by atoms with van der Waals surface area (Å²) in [7, 11) is 0. The molecule has 0 aromatic heterocycles. The molecule has 1 aromatic rings. The van der Waals surface area contributed by atoms with E-state index in [2.05, 4.69) is 15.9 Å². The lowest BCUT2D eigenvalue weighted by Gasteiger charge is -2.05. The largest absolute Gasteiger partial charge is 0.396 e. The summed E-state index contributed by atoms with van der Waals surface area (Å²) in [4.78, 5) is 0. The highest BCUT2D eigenvalue weighted by Gasteiger charge is 2.00. The minimum absolute atomic E-state index is 0.0689. The molecular formula is C10H13BrO2. The van der Waals surface area contributed by atoms with Gasteiger partial charge in [-0.15, -0.1) is 0 Å². The Balaban J connectivity index is 2.78. The van der Waals surface area contributed by atoms with Crippen LogP contribution >= 0.6 is 15.9 Å². The van der Waals surface area contributed by atoms with Gasteiger partial charge in [0.05, 0.1) is 6.61 Å². The normalized spacial score (nSPS) is 10.4. The number of aryl methyl sites for hydroxylation is 1. The van der Waals surface area contributed by atoms with Crippen molar-refractivity contribution in [2.24, 2.45) is 0 Å². The van der Waals surface area contributed by atoms with E-state index in [0.717, 1.165) is 28.4 Å². The van der Waals surface area contributed by atoms with E-state index in [-0.39, 0.29) is 13.2 Å². The van der Waals surface area contributed by atoms with Gasteiger partial charge in [-0.05, 0) is 30.0 Å². The van der Waals surface area contributed by atoms with Gasteiger partial charge in [0.2, 0.25) is 0 Å². The van der Waals surface area contributed by atoms with Crippen LogP contribution < -0.4 is 0 Å². The van der Waals surface area contributed by atoms with Crippen molar-refractivity contribution in [1.29, 1.82) is 0 Å². The Morgan fingerprint density at radius 1 is 1.23 bits per heavy atom. The van der Waals surface area contributed by atoms with Gasteiger partial charge in [-0.1, -0.05) is 28.1 Å². The van der Waals surface area contributed by atoms with E-state index >= 15 is 0 Å². The Kier molecular flexibility index (Phi) is 4.42. The van der Waals surface area contributed by atoms with Crippen LogP contribution in [0, 0.1) is 0 Å². The van der Waals surface area contributed by atoms with Gasteiger partial charge in [0, 0.05) is 11.1 Å². The highest BCUT2D eigenvalue weighted by molar-refractivity contribution is 9.10. The van der Waals surface area contributed by atoms with E-state index in [0.29, 0.717) is 0 Å². The first kappa shape index (κ1) is 10.7. The van der Waals surface area contributed by atoms with Gasteiger partial charge in [0.25, 0.3) is 0 Å². The van der Waals surface area contributed by atoms with Crippen LogP contribution in [0.5, 0.6) is 0 Å². The van der Waals surface area contributed by atoms with E-state index in [9.17, 15) is 0 Å². The van der Waals surface area contributed by atoms with Crippen molar-refractivity contribution in [2.45, 2.75) is 19.4 Å². The van der Waals surface area contributed by atoms with Crippen LogP contribution in [0.2, 0.25) is 0 Å². The number of hydrogen-bond donors (Lipinski definition) is 2. The average molecular weight is 245 g/mol. The van der Waals surface area contributed by atoms with Crippen molar-refractivity contribution in [1.82, 2.24) is 0 Å². The molecule has 72 valence electrons. The maximum atomic E-state index is 8.91. The van der Waals surface area contributed by atoms with Crippen LogP contribution in [-0.4, -0.2) is 16.8 Å². The van der Waals surface area contributed by atoms with Gasteiger partial charge in [0.1, 0.15) is 0 Å². The second kappa shape index (κ2) is 5.37. The Hall–Kier alpha value is -0.380. The van der Waals surface area contributed by atoms with E-state index in [1.54, 1.807) is 0 Å². The third-order valence-corrected chi connectivity index (χ3v) is 2.67. The van der Waals surface area contributed by atoms with Crippen molar-refractivity contribution >= 4 is 15.9 Å². The lowest BCUT2D eigenvalue weighted by atomic mass is 10.1. The van der Waals surface area contributed by atoms with E-state index in [1.807, 2.05) is 18.2 Å². The van der Waals surface area contributed by atoms with Crippen LogP contribution in [0.1, 0.15) is 17.5 Å². The molecule has 0 unspecified atom stereocenters.